The first kappa shape index (κ1) is 13.0. The van der Waals surface area contributed by atoms with E-state index >= 15 is 0 Å². The van der Waals surface area contributed by atoms with Crippen LogP contribution in [-0.2, 0) is 6.42 Å². The second-order valence-corrected chi connectivity index (χ2v) is 3.97. The van der Waals surface area contributed by atoms with E-state index in [9.17, 15) is 4.79 Å². The number of hydrogen-bond donors (Lipinski definition) is 2. The predicted octanol–water partition coefficient (Wildman–Crippen LogP) is 0.787. The van der Waals surface area contributed by atoms with Crippen LogP contribution < -0.4 is 10.6 Å². The third-order valence-electron chi connectivity index (χ3n) is 2.60. The predicted molar refractivity (Wildman–Crippen MR) is 68.9 cm³/mol. The molecule has 0 aromatic carbocycles. The van der Waals surface area contributed by atoms with E-state index in [2.05, 4.69) is 30.3 Å². The van der Waals surface area contributed by atoms with Gasteiger partial charge in [-0.1, -0.05) is 5.16 Å². The first-order valence-corrected chi connectivity index (χ1v) is 5.88. The maximum absolute atomic E-state index is 12.0. The van der Waals surface area contributed by atoms with E-state index in [-0.39, 0.29) is 5.91 Å². The third kappa shape index (κ3) is 3.27. The maximum atomic E-state index is 12.0. The number of nitrogens with one attached hydrogen (secondary N) is 2. The average molecular weight is 261 g/mol. The van der Waals surface area contributed by atoms with Crippen LogP contribution in [0.3, 0.4) is 0 Å². The molecule has 2 rings (SSSR count). The lowest BCUT2D eigenvalue weighted by molar-refractivity contribution is 0.0954. The van der Waals surface area contributed by atoms with E-state index in [1.165, 1.54) is 6.39 Å². The van der Waals surface area contributed by atoms with Crippen LogP contribution in [0, 0.1) is 6.92 Å². The molecule has 19 heavy (non-hydrogen) atoms. The van der Waals surface area contributed by atoms with E-state index in [4.69, 9.17) is 0 Å². The standard InChI is InChI=1S/C12H15N5O2/c1-8-5-10(13-2)9(6-15-8)12(18)14-4-3-11-16-7-19-17-11/h5-7H,3-4H2,1-2H3,(H,13,15)(H,14,18). The van der Waals surface area contributed by atoms with Gasteiger partial charge < -0.3 is 15.2 Å². The molecule has 0 unspecified atom stereocenters. The molecule has 0 aliphatic heterocycles. The quantitative estimate of drug-likeness (QED) is 0.826. The summed E-state index contributed by atoms with van der Waals surface area (Å²) in [5.41, 5.74) is 2.12. The number of carbonyl (C=O) groups is 1. The van der Waals surface area contributed by atoms with Gasteiger partial charge in [0.15, 0.2) is 5.82 Å². The Hall–Kier alpha value is -2.44. The third-order valence-corrected chi connectivity index (χ3v) is 2.60. The highest BCUT2D eigenvalue weighted by Crippen LogP contribution is 2.14. The maximum Gasteiger partial charge on any atom is 0.254 e. The summed E-state index contributed by atoms with van der Waals surface area (Å²) in [6.45, 7) is 2.31. The molecular formula is C12H15N5O2. The van der Waals surface area contributed by atoms with Crippen LogP contribution in [0.25, 0.3) is 0 Å². The Morgan fingerprint density at radius 1 is 1.42 bits per heavy atom. The summed E-state index contributed by atoms with van der Waals surface area (Å²) in [6.07, 6.45) is 3.35. The SMILES string of the molecule is CNc1cc(C)ncc1C(=O)NCCc1ncon1. The van der Waals surface area contributed by atoms with E-state index in [1.54, 1.807) is 13.2 Å². The normalized spacial score (nSPS) is 10.2. The van der Waals surface area contributed by atoms with Gasteiger partial charge in [-0.15, -0.1) is 0 Å². The number of aromatic nitrogens is 3. The zero-order valence-electron chi connectivity index (χ0n) is 10.8. The van der Waals surface area contributed by atoms with E-state index < -0.39 is 0 Å². The molecule has 0 saturated carbocycles. The molecule has 2 N–H and O–H groups in total. The molecular weight excluding hydrogens is 246 g/mol. The molecule has 2 aromatic rings. The van der Waals surface area contributed by atoms with Gasteiger partial charge >= 0.3 is 0 Å². The molecule has 0 saturated heterocycles. The van der Waals surface area contributed by atoms with Gasteiger partial charge in [-0.25, -0.2) is 0 Å². The second kappa shape index (κ2) is 5.94. The highest BCUT2D eigenvalue weighted by Gasteiger charge is 2.11. The molecule has 2 heterocycles. The highest BCUT2D eigenvalue weighted by atomic mass is 16.5. The Bertz CT molecular complexity index is 553. The number of pyridine rings is 1. The van der Waals surface area contributed by atoms with Crippen molar-refractivity contribution in [3.8, 4) is 0 Å². The Labute approximate surface area is 110 Å². The van der Waals surface area contributed by atoms with Crippen LogP contribution in [-0.4, -0.2) is 34.6 Å². The summed E-state index contributed by atoms with van der Waals surface area (Å²) in [5.74, 6) is 0.386. The summed E-state index contributed by atoms with van der Waals surface area (Å²) in [7, 11) is 1.77. The van der Waals surface area contributed by atoms with Crippen molar-refractivity contribution in [3.63, 3.8) is 0 Å². The molecule has 7 heteroatoms. The molecule has 0 bridgehead atoms. The number of hydrogen-bond acceptors (Lipinski definition) is 6. The van der Waals surface area contributed by atoms with Gasteiger partial charge in [-0.3, -0.25) is 9.78 Å². The zero-order chi connectivity index (χ0) is 13.7. The summed E-state index contributed by atoms with van der Waals surface area (Å²) < 4.78 is 4.61. The van der Waals surface area contributed by atoms with Crippen molar-refractivity contribution < 1.29 is 9.32 Å². The fourth-order valence-corrected chi connectivity index (χ4v) is 1.63. The van der Waals surface area contributed by atoms with Crippen LogP contribution in [0.5, 0.6) is 0 Å². The van der Waals surface area contributed by atoms with Gasteiger partial charge in [0.1, 0.15) is 0 Å². The molecule has 0 atom stereocenters. The van der Waals surface area contributed by atoms with Crippen molar-refractivity contribution in [3.05, 3.63) is 35.7 Å². The monoisotopic (exact) mass is 261 g/mol. The van der Waals surface area contributed by atoms with Crippen molar-refractivity contribution >= 4 is 11.6 Å². The number of rotatable bonds is 5. The Balaban J connectivity index is 1.96. The van der Waals surface area contributed by atoms with E-state index in [1.807, 2.05) is 13.0 Å². The number of nitrogens with zero attached hydrogens (tertiary/aromatic N) is 3. The van der Waals surface area contributed by atoms with Gasteiger partial charge in [0.25, 0.3) is 5.91 Å². The van der Waals surface area contributed by atoms with Gasteiger partial charge in [-0.05, 0) is 13.0 Å². The highest BCUT2D eigenvalue weighted by molar-refractivity contribution is 5.99. The van der Waals surface area contributed by atoms with E-state index in [0.717, 1.165) is 11.4 Å². The topological polar surface area (TPSA) is 92.9 Å². The first-order chi connectivity index (χ1) is 9.20. The fraction of sp³-hybridized carbons (Fsp3) is 0.333. The van der Waals surface area contributed by atoms with Crippen molar-refractivity contribution in [2.45, 2.75) is 13.3 Å². The summed E-state index contributed by atoms with van der Waals surface area (Å²) in [4.78, 5) is 20.0. The Kier molecular flexibility index (Phi) is 4.07. The minimum absolute atomic E-state index is 0.180. The van der Waals surface area contributed by atoms with Crippen LogP contribution in [0.1, 0.15) is 21.9 Å². The second-order valence-electron chi connectivity index (χ2n) is 3.97. The van der Waals surface area contributed by atoms with Crippen LogP contribution >= 0.6 is 0 Å². The van der Waals surface area contributed by atoms with Gasteiger partial charge in [0, 0.05) is 31.9 Å². The molecule has 0 aliphatic carbocycles. The molecule has 7 nitrogen and oxygen atoms in total. The van der Waals surface area contributed by atoms with Crippen molar-refractivity contribution in [1.29, 1.82) is 0 Å². The van der Waals surface area contributed by atoms with Gasteiger partial charge in [0.05, 0.1) is 11.3 Å². The van der Waals surface area contributed by atoms with Gasteiger partial charge in [0.2, 0.25) is 6.39 Å². The lowest BCUT2D eigenvalue weighted by atomic mass is 10.2. The molecule has 0 radical (unpaired) electrons. The Morgan fingerprint density at radius 2 is 2.26 bits per heavy atom. The summed E-state index contributed by atoms with van der Waals surface area (Å²) in [6, 6.07) is 1.83. The lowest BCUT2D eigenvalue weighted by Crippen LogP contribution is -2.26. The minimum Gasteiger partial charge on any atom is -0.387 e. The molecule has 100 valence electrons. The van der Waals surface area contributed by atoms with Gasteiger partial charge in [-0.2, -0.15) is 4.98 Å². The molecule has 0 aliphatic rings. The first-order valence-electron chi connectivity index (χ1n) is 5.88. The lowest BCUT2D eigenvalue weighted by Gasteiger charge is -2.09. The fourth-order valence-electron chi connectivity index (χ4n) is 1.63. The number of aryl methyl sites for hydroxylation is 1. The van der Waals surface area contributed by atoms with Crippen molar-refractivity contribution in [2.24, 2.45) is 0 Å². The molecule has 2 aromatic heterocycles. The van der Waals surface area contributed by atoms with E-state index in [0.29, 0.717) is 24.4 Å². The summed E-state index contributed by atoms with van der Waals surface area (Å²) in [5, 5.41) is 9.44. The number of anilines is 1. The zero-order valence-corrected chi connectivity index (χ0v) is 10.8. The van der Waals surface area contributed by atoms with Crippen LogP contribution in [0.4, 0.5) is 5.69 Å². The smallest absolute Gasteiger partial charge is 0.254 e. The largest absolute Gasteiger partial charge is 0.387 e. The average Bonchev–Trinajstić information content (AvgIpc) is 2.91. The molecule has 0 fully saturated rings. The number of carbonyl (C=O) groups excluding carboxylic acids is 1. The van der Waals surface area contributed by atoms with Crippen molar-refractivity contribution in [1.82, 2.24) is 20.4 Å². The van der Waals surface area contributed by atoms with Crippen LogP contribution in [0.2, 0.25) is 0 Å². The molecule has 0 spiro atoms. The van der Waals surface area contributed by atoms with Crippen LogP contribution in [0.15, 0.2) is 23.2 Å². The Morgan fingerprint density at radius 3 is 2.95 bits per heavy atom. The molecule has 1 amide bonds. The number of amides is 1. The van der Waals surface area contributed by atoms with Crippen molar-refractivity contribution in [2.75, 3.05) is 18.9 Å². The summed E-state index contributed by atoms with van der Waals surface area (Å²) >= 11 is 0. The minimum atomic E-state index is -0.180.